The number of piperazine rings is 1. The first kappa shape index (κ1) is 14.5. The van der Waals surface area contributed by atoms with Crippen LogP contribution in [0, 0.1) is 0 Å². The summed E-state index contributed by atoms with van der Waals surface area (Å²) in [5, 5.41) is 3.82. The van der Waals surface area contributed by atoms with Gasteiger partial charge in [0.1, 0.15) is 0 Å². The van der Waals surface area contributed by atoms with Gasteiger partial charge in [-0.3, -0.25) is 4.90 Å². The highest BCUT2D eigenvalue weighted by atomic mass is 16.5. The van der Waals surface area contributed by atoms with Gasteiger partial charge in [0.15, 0.2) is 0 Å². The van der Waals surface area contributed by atoms with Gasteiger partial charge in [-0.1, -0.05) is 32.1 Å². The van der Waals surface area contributed by atoms with Gasteiger partial charge in [-0.05, 0) is 38.5 Å². The molecular weight excluding hydrogens is 260 g/mol. The van der Waals surface area contributed by atoms with Gasteiger partial charge in [0.25, 0.3) is 0 Å². The molecule has 120 valence electrons. The van der Waals surface area contributed by atoms with Crippen molar-refractivity contribution in [2.45, 2.75) is 87.9 Å². The molecule has 3 nitrogen and oxygen atoms in total. The van der Waals surface area contributed by atoms with Crippen molar-refractivity contribution < 1.29 is 4.74 Å². The monoisotopic (exact) mass is 292 g/mol. The number of hydrogen-bond acceptors (Lipinski definition) is 3. The maximum absolute atomic E-state index is 6.58. The van der Waals surface area contributed by atoms with Gasteiger partial charge in [-0.25, -0.2) is 0 Å². The Hall–Kier alpha value is -0.120. The van der Waals surface area contributed by atoms with Crippen LogP contribution < -0.4 is 5.32 Å². The van der Waals surface area contributed by atoms with E-state index in [1.165, 1.54) is 96.8 Å². The summed E-state index contributed by atoms with van der Waals surface area (Å²) in [5.41, 5.74) is 0.751. The number of hydrogen-bond donors (Lipinski definition) is 1. The topological polar surface area (TPSA) is 24.5 Å². The van der Waals surface area contributed by atoms with E-state index in [1.54, 1.807) is 0 Å². The van der Waals surface area contributed by atoms with Crippen molar-refractivity contribution >= 4 is 0 Å². The molecule has 2 heterocycles. The summed E-state index contributed by atoms with van der Waals surface area (Å²) in [7, 11) is 0. The van der Waals surface area contributed by atoms with Gasteiger partial charge >= 0.3 is 0 Å². The Kier molecular flexibility index (Phi) is 4.01. The highest BCUT2D eigenvalue weighted by Gasteiger charge is 2.43. The largest absolute Gasteiger partial charge is 0.370 e. The maximum atomic E-state index is 6.58. The Balaban J connectivity index is 1.32. The van der Waals surface area contributed by atoms with Crippen LogP contribution in [0.4, 0.5) is 0 Å². The molecule has 0 aromatic carbocycles. The summed E-state index contributed by atoms with van der Waals surface area (Å²) in [6.07, 6.45) is 15.6. The van der Waals surface area contributed by atoms with E-state index in [9.17, 15) is 0 Å². The van der Waals surface area contributed by atoms with E-state index in [1.807, 2.05) is 0 Å². The molecule has 3 heteroatoms. The summed E-state index contributed by atoms with van der Waals surface area (Å²) in [6.45, 7) is 4.84. The molecule has 0 radical (unpaired) electrons. The number of nitrogens with zero attached hydrogens (tertiary/aromatic N) is 1. The van der Waals surface area contributed by atoms with Crippen LogP contribution in [0.15, 0.2) is 0 Å². The highest BCUT2D eigenvalue weighted by Crippen LogP contribution is 2.42. The Morgan fingerprint density at radius 2 is 1.71 bits per heavy atom. The molecule has 0 bridgehead atoms. The Bertz CT molecular complexity index is 358. The fourth-order valence-electron chi connectivity index (χ4n) is 5.46. The van der Waals surface area contributed by atoms with E-state index in [0.717, 1.165) is 0 Å². The molecule has 2 saturated carbocycles. The zero-order valence-corrected chi connectivity index (χ0v) is 13.5. The van der Waals surface area contributed by atoms with Gasteiger partial charge in [0, 0.05) is 31.7 Å². The first-order chi connectivity index (χ1) is 10.3. The average molecular weight is 292 g/mol. The zero-order chi connectivity index (χ0) is 14.2. The lowest BCUT2D eigenvalue weighted by Crippen LogP contribution is -2.60. The fraction of sp³-hybridized carbons (Fsp3) is 1.00. The van der Waals surface area contributed by atoms with Crippen molar-refractivity contribution in [2.75, 3.05) is 26.2 Å². The lowest BCUT2D eigenvalue weighted by molar-refractivity contribution is -0.0748. The minimum atomic E-state index is 0.294. The predicted octanol–water partition coefficient (Wildman–Crippen LogP) is 3.09. The van der Waals surface area contributed by atoms with E-state index in [0.29, 0.717) is 17.2 Å². The molecule has 0 amide bonds. The van der Waals surface area contributed by atoms with Crippen LogP contribution in [-0.2, 0) is 4.74 Å². The molecule has 4 fully saturated rings. The Morgan fingerprint density at radius 1 is 0.952 bits per heavy atom. The van der Waals surface area contributed by atoms with E-state index in [-0.39, 0.29) is 0 Å². The Labute approximate surface area is 129 Å². The third-order valence-corrected chi connectivity index (χ3v) is 6.58. The molecule has 0 aromatic rings. The van der Waals surface area contributed by atoms with Crippen LogP contribution in [-0.4, -0.2) is 48.3 Å². The van der Waals surface area contributed by atoms with Crippen molar-refractivity contribution in [1.29, 1.82) is 0 Å². The first-order valence-electron chi connectivity index (χ1n) is 9.43. The van der Waals surface area contributed by atoms with Crippen molar-refractivity contribution in [3.8, 4) is 0 Å². The molecule has 1 atom stereocenters. The average Bonchev–Trinajstić information content (AvgIpc) is 3.09. The third kappa shape index (κ3) is 3.02. The number of rotatable bonds is 2. The summed E-state index contributed by atoms with van der Waals surface area (Å²) < 4.78 is 6.58. The third-order valence-electron chi connectivity index (χ3n) is 6.58. The van der Waals surface area contributed by atoms with Gasteiger partial charge in [0.2, 0.25) is 0 Å². The molecule has 2 aliphatic carbocycles. The molecule has 2 aliphatic heterocycles. The normalized spacial score (nSPS) is 35.7. The summed E-state index contributed by atoms with van der Waals surface area (Å²) >= 11 is 0. The van der Waals surface area contributed by atoms with Crippen molar-refractivity contribution in [1.82, 2.24) is 10.2 Å². The molecule has 0 aromatic heterocycles. The smallest absolute Gasteiger partial charge is 0.0710 e. The second kappa shape index (κ2) is 5.82. The lowest BCUT2D eigenvalue weighted by Gasteiger charge is -2.42. The number of nitrogens with one attached hydrogen (secondary N) is 1. The first-order valence-corrected chi connectivity index (χ1v) is 9.43. The standard InChI is InChI=1S/C18H32N2O/c1-2-9-18(10-3-1)11-6-16(21-18)14-20-13-12-19-17(15-20)7-4-5-8-17/h16,19H,1-15H2. The minimum absolute atomic E-state index is 0.294. The minimum Gasteiger partial charge on any atom is -0.370 e. The second-order valence-electron chi connectivity index (χ2n) is 8.17. The van der Waals surface area contributed by atoms with E-state index >= 15 is 0 Å². The van der Waals surface area contributed by atoms with Crippen LogP contribution in [0.3, 0.4) is 0 Å². The summed E-state index contributed by atoms with van der Waals surface area (Å²) in [6, 6.07) is 0. The van der Waals surface area contributed by atoms with Gasteiger partial charge in [-0.15, -0.1) is 0 Å². The van der Waals surface area contributed by atoms with Crippen LogP contribution in [0.25, 0.3) is 0 Å². The van der Waals surface area contributed by atoms with E-state index in [2.05, 4.69) is 10.2 Å². The number of ether oxygens (including phenoxy) is 1. The fourth-order valence-corrected chi connectivity index (χ4v) is 5.46. The molecular formula is C18H32N2O. The van der Waals surface area contributed by atoms with E-state index in [4.69, 9.17) is 4.74 Å². The molecule has 1 unspecified atom stereocenters. The van der Waals surface area contributed by atoms with Gasteiger partial charge in [-0.2, -0.15) is 0 Å². The van der Waals surface area contributed by atoms with Crippen LogP contribution in [0.5, 0.6) is 0 Å². The quantitative estimate of drug-likeness (QED) is 0.846. The Morgan fingerprint density at radius 3 is 2.52 bits per heavy atom. The molecule has 21 heavy (non-hydrogen) atoms. The van der Waals surface area contributed by atoms with Crippen LogP contribution in [0.1, 0.15) is 70.6 Å². The predicted molar refractivity (Wildman–Crippen MR) is 85.6 cm³/mol. The highest BCUT2D eigenvalue weighted by molar-refractivity contribution is 4.99. The van der Waals surface area contributed by atoms with E-state index < -0.39 is 0 Å². The molecule has 4 aliphatic rings. The summed E-state index contributed by atoms with van der Waals surface area (Å²) in [5.74, 6) is 0. The summed E-state index contributed by atoms with van der Waals surface area (Å²) in [4.78, 5) is 2.70. The van der Waals surface area contributed by atoms with Crippen LogP contribution in [0.2, 0.25) is 0 Å². The SMILES string of the molecule is C1CCC2(CC1)CCC(CN1CCNC3(CCCC3)C1)O2. The molecule has 2 saturated heterocycles. The van der Waals surface area contributed by atoms with Crippen molar-refractivity contribution in [3.05, 3.63) is 0 Å². The van der Waals surface area contributed by atoms with Gasteiger partial charge < -0.3 is 10.1 Å². The van der Waals surface area contributed by atoms with Gasteiger partial charge in [0.05, 0.1) is 11.7 Å². The maximum Gasteiger partial charge on any atom is 0.0710 e. The molecule has 1 N–H and O–H groups in total. The molecule has 4 rings (SSSR count). The van der Waals surface area contributed by atoms with Crippen LogP contribution >= 0.6 is 0 Å². The second-order valence-corrected chi connectivity index (χ2v) is 8.17. The van der Waals surface area contributed by atoms with Crippen molar-refractivity contribution in [2.24, 2.45) is 0 Å². The lowest BCUT2D eigenvalue weighted by atomic mass is 9.83. The molecule has 2 spiro atoms. The van der Waals surface area contributed by atoms with Crippen molar-refractivity contribution in [3.63, 3.8) is 0 Å². The zero-order valence-electron chi connectivity index (χ0n) is 13.5.